The fraction of sp³-hybridized carbons (Fsp3) is 0.316. The number of carbonyl (C=O) groups is 1. The van der Waals surface area contributed by atoms with Crippen molar-refractivity contribution in [1.29, 1.82) is 0 Å². The number of anilines is 1. The van der Waals surface area contributed by atoms with E-state index in [9.17, 15) is 4.79 Å². The minimum absolute atomic E-state index is 0.0339. The second-order valence-corrected chi connectivity index (χ2v) is 6.84. The van der Waals surface area contributed by atoms with E-state index in [2.05, 4.69) is 21.2 Å². The molecular weight excluding hydrogens is 354 g/mol. The third-order valence-corrected chi connectivity index (χ3v) is 4.32. The smallest absolute Gasteiger partial charge is 0.234 e. The Balaban J connectivity index is 2.12. The van der Waals surface area contributed by atoms with Gasteiger partial charge in [-0.25, -0.2) is 0 Å². The predicted molar refractivity (Wildman–Crippen MR) is 97.6 cm³/mol. The molecule has 1 amide bonds. The highest BCUT2D eigenvalue weighted by Crippen LogP contribution is 2.26. The van der Waals surface area contributed by atoms with E-state index in [0.29, 0.717) is 13.2 Å². The highest BCUT2D eigenvalue weighted by atomic mass is 79.9. The van der Waals surface area contributed by atoms with E-state index in [1.807, 2.05) is 69.3 Å². The third kappa shape index (κ3) is 4.66. The van der Waals surface area contributed by atoms with Crippen molar-refractivity contribution >= 4 is 27.5 Å². The zero-order chi connectivity index (χ0) is 16.9. The summed E-state index contributed by atoms with van der Waals surface area (Å²) >= 11 is 3.42. The number of halogens is 1. The van der Waals surface area contributed by atoms with Crippen molar-refractivity contribution in [3.63, 3.8) is 0 Å². The van der Waals surface area contributed by atoms with Gasteiger partial charge in [0.25, 0.3) is 0 Å². The minimum Gasteiger partial charge on any atom is -0.377 e. The third-order valence-electron chi connectivity index (χ3n) is 3.79. The summed E-state index contributed by atoms with van der Waals surface area (Å²) in [6, 6.07) is 15.6. The molecule has 0 aliphatic heterocycles. The summed E-state index contributed by atoms with van der Waals surface area (Å²) in [4.78, 5) is 12.7. The maximum absolute atomic E-state index is 12.7. The van der Waals surface area contributed by atoms with Gasteiger partial charge in [-0.1, -0.05) is 40.2 Å². The molecule has 2 rings (SSSR count). The van der Waals surface area contributed by atoms with Crippen LogP contribution in [-0.4, -0.2) is 12.5 Å². The molecule has 0 heterocycles. The van der Waals surface area contributed by atoms with Gasteiger partial charge in [-0.05, 0) is 56.2 Å². The highest BCUT2D eigenvalue weighted by Gasteiger charge is 2.29. The van der Waals surface area contributed by atoms with Crippen LogP contribution in [0.2, 0.25) is 0 Å². The van der Waals surface area contributed by atoms with E-state index >= 15 is 0 Å². The van der Waals surface area contributed by atoms with Crippen LogP contribution in [0.4, 0.5) is 5.69 Å². The van der Waals surface area contributed by atoms with Gasteiger partial charge in [0, 0.05) is 16.8 Å². The first-order valence-electron chi connectivity index (χ1n) is 7.67. The number of ether oxygens (including phenoxy) is 1. The number of hydrogen-bond donors (Lipinski definition) is 1. The van der Waals surface area contributed by atoms with Gasteiger partial charge in [-0.15, -0.1) is 0 Å². The van der Waals surface area contributed by atoms with Crippen molar-refractivity contribution in [2.45, 2.75) is 32.8 Å². The normalized spacial score (nSPS) is 11.3. The van der Waals surface area contributed by atoms with Crippen molar-refractivity contribution in [3.8, 4) is 0 Å². The number of benzene rings is 2. The van der Waals surface area contributed by atoms with Crippen LogP contribution in [0.1, 0.15) is 31.9 Å². The summed E-state index contributed by atoms with van der Waals surface area (Å²) in [5.41, 5.74) is 2.20. The summed E-state index contributed by atoms with van der Waals surface area (Å²) in [5, 5.41) is 3.01. The van der Waals surface area contributed by atoms with E-state index in [1.54, 1.807) is 0 Å². The van der Waals surface area contributed by atoms with Gasteiger partial charge in [-0.3, -0.25) is 4.79 Å². The number of carbonyl (C=O) groups excluding carboxylic acids is 1. The fourth-order valence-electron chi connectivity index (χ4n) is 2.24. The zero-order valence-electron chi connectivity index (χ0n) is 13.7. The van der Waals surface area contributed by atoms with Gasteiger partial charge < -0.3 is 10.1 Å². The first kappa shape index (κ1) is 17.7. The maximum atomic E-state index is 12.7. The summed E-state index contributed by atoms with van der Waals surface area (Å²) in [5.74, 6) is -0.0339. The summed E-state index contributed by atoms with van der Waals surface area (Å²) in [6.45, 7) is 7.04. The minimum atomic E-state index is -0.614. The van der Waals surface area contributed by atoms with Crippen LogP contribution in [0.25, 0.3) is 0 Å². The van der Waals surface area contributed by atoms with Gasteiger partial charge >= 0.3 is 0 Å². The van der Waals surface area contributed by atoms with E-state index in [-0.39, 0.29) is 5.91 Å². The lowest BCUT2D eigenvalue weighted by Gasteiger charge is -2.24. The van der Waals surface area contributed by atoms with E-state index in [1.165, 1.54) is 0 Å². The molecule has 0 saturated carbocycles. The molecule has 0 spiro atoms. The number of nitrogens with one attached hydrogen (secondary N) is 1. The first-order valence-corrected chi connectivity index (χ1v) is 8.47. The molecule has 0 radical (unpaired) electrons. The van der Waals surface area contributed by atoms with E-state index in [4.69, 9.17) is 4.74 Å². The summed E-state index contributed by atoms with van der Waals surface area (Å²) < 4.78 is 6.41. The van der Waals surface area contributed by atoms with Crippen LogP contribution in [-0.2, 0) is 21.6 Å². The monoisotopic (exact) mass is 375 g/mol. The Labute approximate surface area is 146 Å². The van der Waals surface area contributed by atoms with Crippen molar-refractivity contribution in [3.05, 3.63) is 64.1 Å². The predicted octanol–water partition coefficient (Wildman–Crippen LogP) is 4.90. The van der Waals surface area contributed by atoms with Gasteiger partial charge in [0.2, 0.25) is 5.91 Å². The molecule has 1 N–H and O–H groups in total. The molecule has 0 atom stereocenters. The number of amides is 1. The molecule has 0 aliphatic carbocycles. The van der Waals surface area contributed by atoms with Crippen LogP contribution >= 0.6 is 15.9 Å². The molecule has 122 valence electrons. The Hall–Kier alpha value is -1.65. The summed E-state index contributed by atoms with van der Waals surface area (Å²) in [7, 11) is 0. The van der Waals surface area contributed by atoms with Crippen molar-refractivity contribution in [2.24, 2.45) is 0 Å². The largest absolute Gasteiger partial charge is 0.377 e. The van der Waals surface area contributed by atoms with Crippen LogP contribution in [0.5, 0.6) is 0 Å². The molecule has 0 aliphatic rings. The molecule has 23 heavy (non-hydrogen) atoms. The van der Waals surface area contributed by atoms with Crippen molar-refractivity contribution < 1.29 is 9.53 Å². The molecule has 0 aromatic heterocycles. The number of rotatable bonds is 6. The average molecular weight is 376 g/mol. The molecular formula is C19H22BrNO2. The quantitative estimate of drug-likeness (QED) is 0.779. The molecule has 4 heteroatoms. The molecule has 0 saturated heterocycles. The van der Waals surface area contributed by atoms with Crippen LogP contribution in [0.3, 0.4) is 0 Å². The lowest BCUT2D eigenvalue weighted by molar-refractivity contribution is -0.120. The standard InChI is InChI=1S/C19H22BrNO2/c1-4-23-13-14-6-5-7-17(12-14)21-18(22)19(2,3)15-8-10-16(20)11-9-15/h5-12H,4,13H2,1-3H3,(H,21,22). The van der Waals surface area contributed by atoms with Crippen molar-refractivity contribution in [1.82, 2.24) is 0 Å². The Kier molecular flexibility index (Phi) is 5.97. The lowest BCUT2D eigenvalue weighted by Crippen LogP contribution is -2.34. The molecule has 0 unspecified atom stereocenters. The molecule has 0 bridgehead atoms. The molecule has 2 aromatic carbocycles. The number of hydrogen-bond acceptors (Lipinski definition) is 2. The fourth-order valence-corrected chi connectivity index (χ4v) is 2.51. The Bertz CT molecular complexity index is 665. The van der Waals surface area contributed by atoms with Gasteiger partial charge in [0.15, 0.2) is 0 Å². The van der Waals surface area contributed by atoms with Crippen LogP contribution in [0.15, 0.2) is 53.0 Å². The van der Waals surface area contributed by atoms with E-state index in [0.717, 1.165) is 21.3 Å². The SMILES string of the molecule is CCOCc1cccc(NC(=O)C(C)(C)c2ccc(Br)cc2)c1. The maximum Gasteiger partial charge on any atom is 0.234 e. The average Bonchev–Trinajstić information content (AvgIpc) is 2.53. The van der Waals surface area contributed by atoms with Gasteiger partial charge in [-0.2, -0.15) is 0 Å². The van der Waals surface area contributed by atoms with Gasteiger partial charge in [0.1, 0.15) is 0 Å². The highest BCUT2D eigenvalue weighted by molar-refractivity contribution is 9.10. The molecule has 2 aromatic rings. The Morgan fingerprint density at radius 1 is 1.17 bits per heavy atom. The molecule has 0 fully saturated rings. The Morgan fingerprint density at radius 3 is 2.52 bits per heavy atom. The van der Waals surface area contributed by atoms with Crippen LogP contribution in [0, 0.1) is 0 Å². The lowest BCUT2D eigenvalue weighted by atomic mass is 9.83. The van der Waals surface area contributed by atoms with Crippen LogP contribution < -0.4 is 5.32 Å². The second-order valence-electron chi connectivity index (χ2n) is 5.92. The van der Waals surface area contributed by atoms with E-state index < -0.39 is 5.41 Å². The first-order chi connectivity index (χ1) is 10.9. The second kappa shape index (κ2) is 7.75. The van der Waals surface area contributed by atoms with Gasteiger partial charge in [0.05, 0.1) is 12.0 Å². The summed E-state index contributed by atoms with van der Waals surface area (Å²) in [6.07, 6.45) is 0. The zero-order valence-corrected chi connectivity index (χ0v) is 15.3. The topological polar surface area (TPSA) is 38.3 Å². The Morgan fingerprint density at radius 2 is 1.87 bits per heavy atom. The molecule has 3 nitrogen and oxygen atoms in total. The van der Waals surface area contributed by atoms with Crippen molar-refractivity contribution in [2.75, 3.05) is 11.9 Å².